The number of hydrogen-bond acceptors (Lipinski definition) is 4. The van der Waals surface area contributed by atoms with E-state index < -0.39 is 0 Å². The van der Waals surface area contributed by atoms with Gasteiger partial charge in [-0.15, -0.1) is 0 Å². The summed E-state index contributed by atoms with van der Waals surface area (Å²) in [5, 5.41) is 0.907. The van der Waals surface area contributed by atoms with Gasteiger partial charge in [-0.1, -0.05) is 43.4 Å². The van der Waals surface area contributed by atoms with Crippen molar-refractivity contribution < 1.29 is 4.79 Å². The summed E-state index contributed by atoms with van der Waals surface area (Å²) in [5.74, 6) is 0.311. The number of nitrogens with zero attached hydrogens (tertiary/aromatic N) is 2. The van der Waals surface area contributed by atoms with Crippen molar-refractivity contribution in [2.45, 2.75) is 40.0 Å². The smallest absolute Gasteiger partial charge is 0.190 e. The maximum Gasteiger partial charge on any atom is 0.190 e. The molecular formula is C17H22N2OS. The number of para-hydroxylation sites is 1. The second kappa shape index (κ2) is 6.85. The minimum atomic E-state index is 0.311. The van der Waals surface area contributed by atoms with Gasteiger partial charge in [0.15, 0.2) is 11.4 Å². The van der Waals surface area contributed by atoms with Crippen LogP contribution in [0, 0.1) is 6.92 Å². The van der Waals surface area contributed by atoms with Gasteiger partial charge in [0.05, 0.1) is 10.6 Å². The Balaban J connectivity index is 2.46. The summed E-state index contributed by atoms with van der Waals surface area (Å²) < 4.78 is 0. The number of benzene rings is 1. The molecule has 0 amide bonds. The summed E-state index contributed by atoms with van der Waals surface area (Å²) in [6.45, 7) is 9.28. The second-order valence-corrected chi connectivity index (χ2v) is 6.21. The molecule has 1 aromatic carbocycles. The largest absolute Gasteiger partial charge is 0.318 e. The van der Waals surface area contributed by atoms with Gasteiger partial charge in [0.25, 0.3) is 0 Å². The van der Waals surface area contributed by atoms with E-state index in [4.69, 9.17) is 4.98 Å². The molecule has 0 spiro atoms. The zero-order valence-corrected chi connectivity index (χ0v) is 13.9. The lowest BCUT2D eigenvalue weighted by Gasteiger charge is -2.22. The lowest BCUT2D eigenvalue weighted by molar-refractivity contribution is 0.112. The van der Waals surface area contributed by atoms with E-state index in [1.165, 1.54) is 16.9 Å². The van der Waals surface area contributed by atoms with Crippen LogP contribution >= 0.6 is 11.3 Å². The molecule has 1 heterocycles. The number of rotatable bonds is 6. The maximum absolute atomic E-state index is 11.3. The van der Waals surface area contributed by atoms with Crippen LogP contribution in [0.4, 0.5) is 10.8 Å². The van der Waals surface area contributed by atoms with Gasteiger partial charge in [0, 0.05) is 12.2 Å². The van der Waals surface area contributed by atoms with E-state index in [0.717, 1.165) is 40.6 Å². The molecule has 0 saturated heterocycles. The van der Waals surface area contributed by atoms with Gasteiger partial charge in [-0.3, -0.25) is 4.79 Å². The molecule has 112 valence electrons. The molecule has 3 nitrogen and oxygen atoms in total. The quantitative estimate of drug-likeness (QED) is 0.709. The average Bonchev–Trinajstić information content (AvgIpc) is 2.93. The predicted octanol–water partition coefficient (Wildman–Crippen LogP) is 4.94. The van der Waals surface area contributed by atoms with Crippen LogP contribution in [0.15, 0.2) is 24.3 Å². The molecule has 1 atom stereocenters. The van der Waals surface area contributed by atoms with E-state index in [2.05, 4.69) is 44.7 Å². The van der Waals surface area contributed by atoms with Crippen LogP contribution in [-0.2, 0) is 0 Å². The number of aldehydes is 1. The first-order valence-corrected chi connectivity index (χ1v) is 8.23. The van der Waals surface area contributed by atoms with E-state index in [1.54, 1.807) is 0 Å². The molecule has 4 heteroatoms. The fourth-order valence-corrected chi connectivity index (χ4v) is 3.43. The van der Waals surface area contributed by atoms with Crippen molar-refractivity contribution in [2.24, 2.45) is 0 Å². The van der Waals surface area contributed by atoms with Crippen molar-refractivity contribution in [2.75, 3.05) is 11.4 Å². The van der Waals surface area contributed by atoms with E-state index in [0.29, 0.717) is 5.92 Å². The molecule has 2 rings (SSSR count). The molecule has 0 fully saturated rings. The van der Waals surface area contributed by atoms with Gasteiger partial charge in [-0.2, -0.15) is 0 Å². The number of carbonyl (C=O) groups excluding carboxylic acids is 1. The highest BCUT2D eigenvalue weighted by Crippen LogP contribution is 2.35. The zero-order valence-electron chi connectivity index (χ0n) is 13.1. The molecule has 0 saturated carbocycles. The number of hydrogen-bond donors (Lipinski definition) is 0. The fraction of sp³-hybridized carbons (Fsp3) is 0.412. The molecule has 0 aliphatic rings. The van der Waals surface area contributed by atoms with E-state index in [1.807, 2.05) is 12.1 Å². The fourth-order valence-electron chi connectivity index (χ4n) is 2.35. The Kier molecular flexibility index (Phi) is 5.12. The lowest BCUT2D eigenvalue weighted by atomic mass is 10.0. The monoisotopic (exact) mass is 302 g/mol. The standard InChI is InChI=1S/C17H22N2OS/c1-5-12(3)16-15(11-20)21-17(18-16)19(6-2)14-10-8-7-9-13(14)4/h7-12H,5-6H2,1-4H3. The molecule has 2 aromatic rings. The number of aryl methyl sites for hydroxylation is 1. The Hall–Kier alpha value is -1.68. The Morgan fingerprint density at radius 1 is 1.33 bits per heavy atom. The number of thiazole rings is 1. The van der Waals surface area contributed by atoms with Gasteiger partial charge in [0.2, 0.25) is 0 Å². The first-order chi connectivity index (χ1) is 10.1. The minimum absolute atomic E-state index is 0.311. The molecule has 0 radical (unpaired) electrons. The Morgan fingerprint density at radius 2 is 2.05 bits per heavy atom. The SMILES string of the molecule is CCC(C)c1nc(N(CC)c2ccccc2C)sc1C=O. The molecule has 0 N–H and O–H groups in total. The number of aromatic nitrogens is 1. The third-order valence-corrected chi connectivity index (χ3v) is 4.83. The van der Waals surface area contributed by atoms with Crippen LogP contribution in [0.25, 0.3) is 0 Å². The van der Waals surface area contributed by atoms with Gasteiger partial charge in [-0.25, -0.2) is 4.98 Å². The highest BCUT2D eigenvalue weighted by atomic mass is 32.1. The van der Waals surface area contributed by atoms with Crippen molar-refractivity contribution in [1.29, 1.82) is 0 Å². The Labute approximate surface area is 130 Å². The van der Waals surface area contributed by atoms with Crippen molar-refractivity contribution in [1.82, 2.24) is 4.98 Å². The third kappa shape index (κ3) is 3.16. The summed E-state index contributed by atoms with van der Waals surface area (Å²) in [7, 11) is 0. The summed E-state index contributed by atoms with van der Waals surface area (Å²) in [5.41, 5.74) is 3.30. The molecule has 0 aliphatic carbocycles. The highest BCUT2D eigenvalue weighted by molar-refractivity contribution is 7.17. The summed E-state index contributed by atoms with van der Waals surface area (Å²) in [4.78, 5) is 19.0. The first kappa shape index (κ1) is 15.7. The van der Waals surface area contributed by atoms with Crippen molar-refractivity contribution in [3.05, 3.63) is 40.4 Å². The number of carbonyl (C=O) groups is 1. The van der Waals surface area contributed by atoms with Gasteiger partial charge in [0.1, 0.15) is 0 Å². The van der Waals surface area contributed by atoms with Crippen molar-refractivity contribution in [3.63, 3.8) is 0 Å². The molecule has 21 heavy (non-hydrogen) atoms. The zero-order chi connectivity index (χ0) is 15.4. The van der Waals surface area contributed by atoms with Crippen molar-refractivity contribution >= 4 is 28.4 Å². The third-order valence-electron chi connectivity index (χ3n) is 3.81. The normalized spacial score (nSPS) is 12.2. The van der Waals surface area contributed by atoms with Crippen LogP contribution in [0.5, 0.6) is 0 Å². The van der Waals surface area contributed by atoms with Crippen LogP contribution in [0.1, 0.15) is 54.0 Å². The summed E-state index contributed by atoms with van der Waals surface area (Å²) >= 11 is 1.49. The summed E-state index contributed by atoms with van der Waals surface area (Å²) in [6, 6.07) is 8.27. The Bertz CT molecular complexity index is 621. The number of anilines is 2. The van der Waals surface area contributed by atoms with Crippen LogP contribution in [-0.4, -0.2) is 17.8 Å². The van der Waals surface area contributed by atoms with E-state index >= 15 is 0 Å². The molecule has 1 aromatic heterocycles. The second-order valence-electron chi connectivity index (χ2n) is 5.20. The van der Waals surface area contributed by atoms with Gasteiger partial charge >= 0.3 is 0 Å². The Morgan fingerprint density at radius 3 is 2.62 bits per heavy atom. The average molecular weight is 302 g/mol. The van der Waals surface area contributed by atoms with Crippen LogP contribution < -0.4 is 4.90 Å². The minimum Gasteiger partial charge on any atom is -0.318 e. The van der Waals surface area contributed by atoms with Crippen LogP contribution in [0.2, 0.25) is 0 Å². The molecule has 0 aliphatic heterocycles. The predicted molar refractivity (Wildman–Crippen MR) is 90.1 cm³/mol. The van der Waals surface area contributed by atoms with Crippen LogP contribution in [0.3, 0.4) is 0 Å². The lowest BCUT2D eigenvalue weighted by Crippen LogP contribution is -2.17. The topological polar surface area (TPSA) is 33.2 Å². The first-order valence-electron chi connectivity index (χ1n) is 7.41. The summed E-state index contributed by atoms with van der Waals surface area (Å²) in [6.07, 6.45) is 1.93. The van der Waals surface area contributed by atoms with Crippen molar-refractivity contribution in [3.8, 4) is 0 Å². The molecular weight excluding hydrogens is 280 g/mol. The van der Waals surface area contributed by atoms with E-state index in [9.17, 15) is 4.79 Å². The van der Waals surface area contributed by atoms with E-state index in [-0.39, 0.29) is 0 Å². The maximum atomic E-state index is 11.3. The van der Waals surface area contributed by atoms with Gasteiger partial charge < -0.3 is 4.90 Å². The highest BCUT2D eigenvalue weighted by Gasteiger charge is 2.20. The van der Waals surface area contributed by atoms with Gasteiger partial charge in [-0.05, 0) is 37.8 Å². The molecule has 1 unspecified atom stereocenters. The molecule has 0 bridgehead atoms.